The molecule has 1 saturated carbocycles. The average Bonchev–Trinajstić information content (AvgIpc) is 3.27. The second kappa shape index (κ2) is 6.55. The Labute approximate surface area is 140 Å². The van der Waals surface area contributed by atoms with Crippen molar-refractivity contribution in [3.05, 3.63) is 18.0 Å². The summed E-state index contributed by atoms with van der Waals surface area (Å²) in [5, 5.41) is 3.59. The molecule has 0 spiro atoms. The van der Waals surface area contributed by atoms with Gasteiger partial charge in [-0.15, -0.1) is 0 Å². The molecule has 1 aromatic heterocycles. The molecule has 3 fully saturated rings. The van der Waals surface area contributed by atoms with E-state index < -0.39 is 0 Å². The van der Waals surface area contributed by atoms with E-state index in [1.807, 2.05) is 4.90 Å². The average molecular weight is 333 g/mol. The summed E-state index contributed by atoms with van der Waals surface area (Å²) in [6.07, 6.45) is 7.58. The maximum atomic E-state index is 12.5. The number of hydrogen-bond donors (Lipinski definition) is 0. The van der Waals surface area contributed by atoms with Crippen molar-refractivity contribution in [1.29, 1.82) is 0 Å². The molecular weight excluding hydrogens is 310 g/mol. The van der Waals surface area contributed by atoms with Gasteiger partial charge >= 0.3 is 0 Å². The third-order valence-corrected chi connectivity index (χ3v) is 5.49. The van der Waals surface area contributed by atoms with Gasteiger partial charge in [0.15, 0.2) is 0 Å². The molecule has 0 aromatic carbocycles. The predicted octanol–water partition coefficient (Wildman–Crippen LogP) is 1.31. The van der Waals surface area contributed by atoms with Crippen molar-refractivity contribution in [2.24, 2.45) is 5.92 Å². The predicted molar refractivity (Wildman–Crippen MR) is 84.2 cm³/mol. The first-order valence-electron chi connectivity index (χ1n) is 8.83. The molecule has 1 aliphatic carbocycles. The molecule has 0 radical (unpaired) electrons. The Kier molecular flexibility index (Phi) is 4.26. The summed E-state index contributed by atoms with van der Waals surface area (Å²) in [4.78, 5) is 28.5. The fourth-order valence-electron chi connectivity index (χ4n) is 4.20. The van der Waals surface area contributed by atoms with Gasteiger partial charge in [0.05, 0.1) is 18.3 Å². The molecular formula is C17H23N3O4. The zero-order valence-corrected chi connectivity index (χ0v) is 13.7. The molecule has 130 valence electrons. The number of fused-ring (bicyclic) bond motifs is 1. The Hall–Kier alpha value is -1.89. The number of hydrogen-bond acceptors (Lipinski definition) is 5. The van der Waals surface area contributed by atoms with E-state index in [1.165, 1.54) is 38.3 Å². The Morgan fingerprint density at radius 3 is 2.83 bits per heavy atom. The molecule has 2 saturated heterocycles. The number of rotatable bonds is 3. The van der Waals surface area contributed by atoms with Gasteiger partial charge in [-0.3, -0.25) is 9.59 Å². The van der Waals surface area contributed by atoms with Crippen molar-refractivity contribution in [3.63, 3.8) is 0 Å². The van der Waals surface area contributed by atoms with Gasteiger partial charge in [0.25, 0.3) is 5.91 Å². The second-order valence-electron chi connectivity index (χ2n) is 7.05. The minimum Gasteiger partial charge on any atom is -0.364 e. The lowest BCUT2D eigenvalue weighted by Gasteiger charge is -2.39. The molecule has 0 bridgehead atoms. The largest absolute Gasteiger partial charge is 0.364 e. The first-order chi connectivity index (χ1) is 11.7. The normalized spacial score (nSPS) is 28.2. The Morgan fingerprint density at radius 2 is 2.08 bits per heavy atom. The van der Waals surface area contributed by atoms with E-state index in [4.69, 9.17) is 9.26 Å². The molecule has 24 heavy (non-hydrogen) atoms. The highest BCUT2D eigenvalue weighted by atomic mass is 16.5. The second-order valence-corrected chi connectivity index (χ2v) is 7.05. The number of aromatic nitrogens is 1. The zero-order chi connectivity index (χ0) is 16.5. The van der Waals surface area contributed by atoms with Crippen LogP contribution >= 0.6 is 0 Å². The summed E-state index contributed by atoms with van der Waals surface area (Å²) in [5.41, 5.74) is 0. The minimum absolute atomic E-state index is 0.0416. The SMILES string of the molecule is O=C(c1ccno1)N1CC2OCC(=O)N(CC3CCCCC3)C2C1. The van der Waals surface area contributed by atoms with E-state index in [0.29, 0.717) is 19.0 Å². The summed E-state index contributed by atoms with van der Waals surface area (Å²) < 4.78 is 10.7. The van der Waals surface area contributed by atoms with Crippen LogP contribution in [0.3, 0.4) is 0 Å². The van der Waals surface area contributed by atoms with Gasteiger partial charge < -0.3 is 19.1 Å². The number of amides is 2. The smallest absolute Gasteiger partial charge is 0.292 e. The Balaban J connectivity index is 1.45. The first kappa shape index (κ1) is 15.6. The highest BCUT2D eigenvalue weighted by Crippen LogP contribution is 2.29. The highest BCUT2D eigenvalue weighted by molar-refractivity contribution is 5.91. The van der Waals surface area contributed by atoms with Crippen LogP contribution < -0.4 is 0 Å². The Bertz CT molecular complexity index is 597. The minimum atomic E-state index is -0.185. The van der Waals surface area contributed by atoms with Crippen LogP contribution in [-0.2, 0) is 9.53 Å². The maximum Gasteiger partial charge on any atom is 0.292 e. The summed E-state index contributed by atoms with van der Waals surface area (Å²) >= 11 is 0. The van der Waals surface area contributed by atoms with Crippen LogP contribution in [0.15, 0.2) is 16.8 Å². The van der Waals surface area contributed by atoms with E-state index in [2.05, 4.69) is 5.16 Å². The summed E-state index contributed by atoms with van der Waals surface area (Å²) in [6.45, 7) is 1.92. The third kappa shape index (κ3) is 2.92. The Morgan fingerprint density at radius 1 is 1.25 bits per heavy atom. The van der Waals surface area contributed by atoms with Crippen LogP contribution in [0.1, 0.15) is 42.7 Å². The lowest BCUT2D eigenvalue weighted by molar-refractivity contribution is -0.154. The standard InChI is InChI=1S/C17H23N3O4/c21-16-11-23-15-10-19(17(22)14-6-7-18-24-14)9-13(15)20(16)8-12-4-2-1-3-5-12/h6-7,12-13,15H,1-5,8-11H2. The monoisotopic (exact) mass is 333 g/mol. The van der Waals surface area contributed by atoms with Crippen LogP contribution in [-0.4, -0.2) is 65.2 Å². The summed E-state index contributed by atoms with van der Waals surface area (Å²) in [6, 6.07) is 1.52. The lowest BCUT2D eigenvalue weighted by Crippen LogP contribution is -2.55. The molecule has 7 heteroatoms. The molecule has 0 N–H and O–H groups in total. The van der Waals surface area contributed by atoms with E-state index >= 15 is 0 Å². The molecule has 2 atom stereocenters. The number of nitrogens with zero attached hydrogens (tertiary/aromatic N) is 3. The van der Waals surface area contributed by atoms with Gasteiger partial charge in [-0.1, -0.05) is 24.4 Å². The van der Waals surface area contributed by atoms with E-state index in [-0.39, 0.29) is 36.3 Å². The number of ether oxygens (including phenoxy) is 1. The third-order valence-electron chi connectivity index (χ3n) is 5.49. The number of morpholine rings is 1. The van der Waals surface area contributed by atoms with Crippen molar-refractivity contribution in [3.8, 4) is 0 Å². The van der Waals surface area contributed by atoms with Gasteiger partial charge in [0.1, 0.15) is 6.61 Å². The van der Waals surface area contributed by atoms with Crippen LogP contribution in [0, 0.1) is 5.92 Å². The molecule has 3 heterocycles. The number of carbonyl (C=O) groups excluding carboxylic acids is 2. The number of likely N-dealkylation sites (tertiary alicyclic amines) is 1. The van der Waals surface area contributed by atoms with Gasteiger partial charge in [0, 0.05) is 25.7 Å². The molecule has 2 amide bonds. The molecule has 2 aliphatic heterocycles. The van der Waals surface area contributed by atoms with Crippen LogP contribution in [0.4, 0.5) is 0 Å². The highest BCUT2D eigenvalue weighted by Gasteiger charge is 2.45. The molecule has 3 aliphatic rings. The first-order valence-corrected chi connectivity index (χ1v) is 8.83. The van der Waals surface area contributed by atoms with Crippen molar-refractivity contribution in [1.82, 2.24) is 15.0 Å². The van der Waals surface area contributed by atoms with Crippen LogP contribution in [0.5, 0.6) is 0 Å². The molecule has 1 aromatic rings. The van der Waals surface area contributed by atoms with E-state index in [1.54, 1.807) is 11.0 Å². The van der Waals surface area contributed by atoms with Gasteiger partial charge in [0.2, 0.25) is 11.7 Å². The van der Waals surface area contributed by atoms with Gasteiger partial charge in [-0.25, -0.2) is 0 Å². The topological polar surface area (TPSA) is 75.9 Å². The summed E-state index contributed by atoms with van der Waals surface area (Å²) in [5.74, 6) is 0.686. The van der Waals surface area contributed by atoms with Crippen LogP contribution in [0.25, 0.3) is 0 Å². The van der Waals surface area contributed by atoms with Crippen molar-refractivity contribution in [2.45, 2.75) is 44.2 Å². The number of carbonyl (C=O) groups is 2. The maximum absolute atomic E-state index is 12.5. The van der Waals surface area contributed by atoms with Gasteiger partial charge in [-0.2, -0.15) is 0 Å². The fraction of sp³-hybridized carbons (Fsp3) is 0.706. The van der Waals surface area contributed by atoms with Crippen molar-refractivity contribution in [2.75, 3.05) is 26.2 Å². The van der Waals surface area contributed by atoms with Crippen LogP contribution in [0.2, 0.25) is 0 Å². The molecule has 7 nitrogen and oxygen atoms in total. The molecule has 2 unspecified atom stereocenters. The summed E-state index contributed by atoms with van der Waals surface area (Å²) in [7, 11) is 0. The van der Waals surface area contributed by atoms with Crippen molar-refractivity contribution >= 4 is 11.8 Å². The van der Waals surface area contributed by atoms with E-state index in [0.717, 1.165) is 6.54 Å². The quantitative estimate of drug-likeness (QED) is 0.833. The molecule has 4 rings (SSSR count). The fourth-order valence-corrected chi connectivity index (χ4v) is 4.20. The zero-order valence-electron chi connectivity index (χ0n) is 13.7. The lowest BCUT2D eigenvalue weighted by atomic mass is 9.88. The van der Waals surface area contributed by atoms with E-state index in [9.17, 15) is 9.59 Å². The van der Waals surface area contributed by atoms with Gasteiger partial charge in [-0.05, 0) is 18.8 Å². The van der Waals surface area contributed by atoms with Crippen molar-refractivity contribution < 1.29 is 18.8 Å².